The smallest absolute Gasteiger partial charge is 0.241 e. The highest BCUT2D eigenvalue weighted by Crippen LogP contribution is 2.31. The summed E-state index contributed by atoms with van der Waals surface area (Å²) in [6, 6.07) is 13.4. The van der Waals surface area contributed by atoms with Crippen LogP contribution in [0.1, 0.15) is 31.9 Å². The number of hydrogen-bond donors (Lipinski definition) is 1. The molecule has 6 heteroatoms. The Morgan fingerprint density at radius 2 is 1.93 bits per heavy atom. The summed E-state index contributed by atoms with van der Waals surface area (Å²) in [5.74, 6) is -0.460. The van der Waals surface area contributed by atoms with Gasteiger partial charge in [0.25, 0.3) is 0 Å². The Hall–Kier alpha value is -2.73. The molecule has 2 amide bonds. The number of anilines is 2. The molecule has 0 radical (unpaired) electrons. The van der Waals surface area contributed by atoms with Gasteiger partial charge in [0.15, 0.2) is 0 Å². The van der Waals surface area contributed by atoms with E-state index in [1.807, 2.05) is 44.0 Å². The third-order valence-electron chi connectivity index (χ3n) is 5.03. The monoisotopic (exact) mass is 369 g/mol. The van der Waals surface area contributed by atoms with Crippen LogP contribution < -0.4 is 10.2 Å². The molecule has 3 rings (SSSR count). The molecule has 1 N–H and O–H groups in total. The van der Waals surface area contributed by atoms with Gasteiger partial charge in [0.2, 0.25) is 11.8 Å². The van der Waals surface area contributed by atoms with Gasteiger partial charge in [-0.2, -0.15) is 0 Å². The first-order valence-electron chi connectivity index (χ1n) is 9.03. The van der Waals surface area contributed by atoms with Crippen LogP contribution in [0.25, 0.3) is 0 Å². The number of para-hydroxylation sites is 2. The lowest BCUT2D eigenvalue weighted by Gasteiger charge is -2.31. The largest absolute Gasteiger partial charge is 0.324 e. The number of fused-ring (bicyclic) bond motifs is 1. The van der Waals surface area contributed by atoms with Gasteiger partial charge >= 0.3 is 0 Å². The van der Waals surface area contributed by atoms with Gasteiger partial charge < -0.3 is 10.2 Å². The molecule has 0 saturated heterocycles. The van der Waals surface area contributed by atoms with Crippen LogP contribution in [0.3, 0.4) is 0 Å². The van der Waals surface area contributed by atoms with Crippen LogP contribution in [0, 0.1) is 5.82 Å². The van der Waals surface area contributed by atoms with Crippen LogP contribution in [0.4, 0.5) is 15.8 Å². The Labute approximate surface area is 158 Å². The van der Waals surface area contributed by atoms with Crippen molar-refractivity contribution >= 4 is 23.2 Å². The van der Waals surface area contributed by atoms with E-state index in [0.29, 0.717) is 11.4 Å². The van der Waals surface area contributed by atoms with E-state index < -0.39 is 0 Å². The van der Waals surface area contributed by atoms with Crippen LogP contribution in [0.5, 0.6) is 0 Å². The van der Waals surface area contributed by atoms with Gasteiger partial charge in [-0.1, -0.05) is 24.3 Å². The van der Waals surface area contributed by atoms with Crippen LogP contribution in [-0.2, 0) is 9.59 Å². The van der Waals surface area contributed by atoms with Crippen molar-refractivity contribution in [1.29, 1.82) is 0 Å². The van der Waals surface area contributed by atoms with E-state index in [1.165, 1.54) is 12.1 Å². The molecular formula is C21H24FN3O2. The fourth-order valence-electron chi connectivity index (χ4n) is 3.39. The molecule has 2 aromatic rings. The van der Waals surface area contributed by atoms with Crippen LogP contribution in [0.2, 0.25) is 0 Å². The molecule has 1 aliphatic heterocycles. The Balaban J connectivity index is 1.80. The zero-order chi connectivity index (χ0) is 19.6. The fraction of sp³-hybridized carbons (Fsp3) is 0.333. The SMILES string of the molecule is C[C@H](c1ccc(F)cc1)N(C)CC(=O)N1c2ccccc2NC(=O)C[C@@H]1C. The number of nitrogens with zero attached hydrogens (tertiary/aromatic N) is 2. The maximum atomic E-state index is 13.2. The summed E-state index contributed by atoms with van der Waals surface area (Å²) in [5.41, 5.74) is 2.30. The van der Waals surface area contributed by atoms with Crippen molar-refractivity contribution in [2.45, 2.75) is 32.4 Å². The lowest BCUT2D eigenvalue weighted by atomic mass is 10.1. The molecule has 1 aliphatic rings. The van der Waals surface area contributed by atoms with Gasteiger partial charge in [0.05, 0.1) is 17.9 Å². The summed E-state index contributed by atoms with van der Waals surface area (Å²) >= 11 is 0. The molecule has 0 aromatic heterocycles. The van der Waals surface area contributed by atoms with Gasteiger partial charge in [-0.05, 0) is 50.7 Å². The third-order valence-corrected chi connectivity index (χ3v) is 5.03. The molecule has 2 aromatic carbocycles. The molecule has 0 bridgehead atoms. The van der Waals surface area contributed by atoms with Crippen LogP contribution >= 0.6 is 0 Å². The molecular weight excluding hydrogens is 345 g/mol. The zero-order valence-corrected chi connectivity index (χ0v) is 15.8. The first-order chi connectivity index (χ1) is 12.9. The average molecular weight is 369 g/mol. The van der Waals surface area contributed by atoms with Crippen molar-refractivity contribution in [2.75, 3.05) is 23.8 Å². The third kappa shape index (κ3) is 4.17. The molecule has 5 nitrogen and oxygen atoms in total. The van der Waals surface area contributed by atoms with Crippen molar-refractivity contribution in [3.05, 3.63) is 59.9 Å². The number of benzene rings is 2. The maximum Gasteiger partial charge on any atom is 0.241 e. The van der Waals surface area contributed by atoms with Gasteiger partial charge in [-0.25, -0.2) is 4.39 Å². The molecule has 0 aliphatic carbocycles. The Bertz CT molecular complexity index is 838. The lowest BCUT2D eigenvalue weighted by Crippen LogP contribution is -2.44. The summed E-state index contributed by atoms with van der Waals surface area (Å²) in [7, 11) is 1.86. The van der Waals surface area contributed by atoms with E-state index in [0.717, 1.165) is 5.56 Å². The molecule has 1 heterocycles. The van der Waals surface area contributed by atoms with Crippen molar-refractivity contribution in [3.8, 4) is 0 Å². The summed E-state index contributed by atoms with van der Waals surface area (Å²) in [5, 5.41) is 2.86. The Kier molecular flexibility index (Phi) is 5.56. The van der Waals surface area contributed by atoms with E-state index >= 15 is 0 Å². The van der Waals surface area contributed by atoms with Gasteiger partial charge in [-0.3, -0.25) is 14.5 Å². The number of amides is 2. The molecule has 27 heavy (non-hydrogen) atoms. The number of carbonyl (C=O) groups excluding carboxylic acids is 2. The lowest BCUT2D eigenvalue weighted by molar-refractivity contribution is -0.120. The first-order valence-corrected chi connectivity index (χ1v) is 9.03. The van der Waals surface area contributed by atoms with E-state index in [9.17, 15) is 14.0 Å². The second-order valence-corrected chi connectivity index (χ2v) is 7.02. The van der Waals surface area contributed by atoms with Crippen molar-refractivity contribution in [1.82, 2.24) is 4.90 Å². The van der Waals surface area contributed by atoms with Crippen molar-refractivity contribution in [2.24, 2.45) is 0 Å². The fourth-order valence-corrected chi connectivity index (χ4v) is 3.39. The number of nitrogens with one attached hydrogen (secondary N) is 1. The highest BCUT2D eigenvalue weighted by molar-refractivity contribution is 6.04. The second kappa shape index (κ2) is 7.88. The maximum absolute atomic E-state index is 13.2. The van der Waals surface area contributed by atoms with Gasteiger partial charge in [0.1, 0.15) is 5.82 Å². The minimum absolute atomic E-state index is 0.0492. The van der Waals surface area contributed by atoms with Crippen LogP contribution in [0.15, 0.2) is 48.5 Å². The predicted octanol–water partition coefficient (Wildman–Crippen LogP) is 3.58. The molecule has 142 valence electrons. The molecule has 0 fully saturated rings. The molecule has 2 atom stereocenters. The number of hydrogen-bond acceptors (Lipinski definition) is 3. The van der Waals surface area contributed by atoms with Gasteiger partial charge in [-0.15, -0.1) is 0 Å². The standard InChI is InChI=1S/C21H24FN3O2/c1-14-12-20(26)23-18-6-4-5-7-19(18)25(14)21(27)13-24(3)15(2)16-8-10-17(22)11-9-16/h4-11,14-15H,12-13H2,1-3H3,(H,23,26)/t14-,15+/m0/s1. The summed E-state index contributed by atoms with van der Waals surface area (Å²) in [4.78, 5) is 28.8. The number of likely N-dealkylation sites (N-methyl/N-ethyl adjacent to an activating group) is 1. The first kappa shape index (κ1) is 19.0. The Morgan fingerprint density at radius 1 is 1.26 bits per heavy atom. The minimum Gasteiger partial charge on any atom is -0.324 e. The number of rotatable bonds is 4. The zero-order valence-electron chi connectivity index (χ0n) is 15.8. The van der Waals surface area contributed by atoms with Gasteiger partial charge in [0, 0.05) is 18.5 Å². The van der Waals surface area contributed by atoms with E-state index in [4.69, 9.17) is 0 Å². The summed E-state index contributed by atoms with van der Waals surface area (Å²) < 4.78 is 13.2. The highest BCUT2D eigenvalue weighted by atomic mass is 19.1. The normalized spacial score (nSPS) is 17.9. The van der Waals surface area contributed by atoms with Crippen molar-refractivity contribution < 1.29 is 14.0 Å². The minimum atomic E-state index is -0.281. The molecule has 0 spiro atoms. The second-order valence-electron chi connectivity index (χ2n) is 7.02. The summed E-state index contributed by atoms with van der Waals surface area (Å²) in [6.07, 6.45) is 0.248. The van der Waals surface area contributed by atoms with E-state index in [-0.39, 0.29) is 42.7 Å². The average Bonchev–Trinajstić information content (AvgIpc) is 2.75. The predicted molar refractivity (Wildman–Crippen MR) is 104 cm³/mol. The van der Waals surface area contributed by atoms with Crippen LogP contribution in [-0.4, -0.2) is 36.3 Å². The summed E-state index contributed by atoms with van der Waals surface area (Å²) in [6.45, 7) is 4.04. The topological polar surface area (TPSA) is 52.7 Å². The number of carbonyl (C=O) groups is 2. The van der Waals surface area contributed by atoms with E-state index in [1.54, 1.807) is 23.1 Å². The van der Waals surface area contributed by atoms with Crippen molar-refractivity contribution in [3.63, 3.8) is 0 Å². The molecule has 0 saturated carbocycles. The van der Waals surface area contributed by atoms with E-state index in [2.05, 4.69) is 5.32 Å². The number of halogens is 1. The molecule has 0 unspecified atom stereocenters. The quantitative estimate of drug-likeness (QED) is 0.896. The highest BCUT2D eigenvalue weighted by Gasteiger charge is 2.30. The Morgan fingerprint density at radius 3 is 2.63 bits per heavy atom.